The zero-order chi connectivity index (χ0) is 16.6. The van der Waals surface area contributed by atoms with Crippen LogP contribution in [0.1, 0.15) is 30.6 Å². The molecule has 2 saturated heterocycles. The van der Waals surface area contributed by atoms with Crippen LogP contribution in [0.2, 0.25) is 0 Å². The summed E-state index contributed by atoms with van der Waals surface area (Å²) in [5.74, 6) is 1.65. The third-order valence-electron chi connectivity index (χ3n) is 4.97. The number of thiophene rings is 1. The Morgan fingerprint density at radius 2 is 2.12 bits per heavy atom. The highest BCUT2D eigenvalue weighted by Crippen LogP contribution is 2.20. The van der Waals surface area contributed by atoms with Crippen LogP contribution in [0.4, 0.5) is 0 Å². The van der Waals surface area contributed by atoms with Crippen molar-refractivity contribution in [1.82, 2.24) is 15.5 Å². The second-order valence-electron chi connectivity index (χ2n) is 6.77. The lowest BCUT2D eigenvalue weighted by Gasteiger charge is -2.32. The molecule has 2 fully saturated rings. The Bertz CT molecular complexity index is 491. The van der Waals surface area contributed by atoms with Crippen LogP contribution in [0, 0.1) is 5.92 Å². The van der Waals surface area contributed by atoms with Gasteiger partial charge in [-0.05, 0) is 56.1 Å². The number of nitrogens with zero attached hydrogens (tertiary/aromatic N) is 2. The van der Waals surface area contributed by atoms with Crippen molar-refractivity contribution in [2.45, 2.75) is 38.3 Å². The molecule has 1 atom stereocenters. The minimum atomic E-state index is 0.351. The highest BCUT2D eigenvalue weighted by molar-refractivity contribution is 7.09. The van der Waals surface area contributed by atoms with Gasteiger partial charge in [0.15, 0.2) is 5.96 Å². The number of guanidine groups is 1. The van der Waals surface area contributed by atoms with Gasteiger partial charge in [0.05, 0.1) is 6.10 Å². The van der Waals surface area contributed by atoms with Gasteiger partial charge in [0, 0.05) is 38.2 Å². The quantitative estimate of drug-likeness (QED) is 0.611. The molecule has 3 heterocycles. The summed E-state index contributed by atoms with van der Waals surface area (Å²) in [5, 5.41) is 9.05. The monoisotopic (exact) mass is 350 g/mol. The average molecular weight is 351 g/mol. The summed E-state index contributed by atoms with van der Waals surface area (Å²) in [6.07, 6.45) is 5.22. The van der Waals surface area contributed by atoms with E-state index < -0.39 is 0 Å². The molecule has 2 aliphatic heterocycles. The normalized spacial score (nSPS) is 23.5. The van der Waals surface area contributed by atoms with E-state index in [2.05, 4.69) is 38.0 Å². The van der Waals surface area contributed by atoms with Gasteiger partial charge in [0.2, 0.25) is 0 Å². The Labute approximate surface area is 149 Å². The summed E-state index contributed by atoms with van der Waals surface area (Å²) >= 11 is 1.86. The van der Waals surface area contributed by atoms with Crippen LogP contribution in [-0.4, -0.2) is 56.8 Å². The number of aliphatic imine (C=N–C) groups is 1. The van der Waals surface area contributed by atoms with Gasteiger partial charge in [0.1, 0.15) is 0 Å². The minimum Gasteiger partial charge on any atom is -0.376 e. The molecule has 0 spiro atoms. The van der Waals surface area contributed by atoms with E-state index in [0.29, 0.717) is 6.10 Å². The lowest BCUT2D eigenvalue weighted by atomic mass is 9.97. The predicted molar refractivity (Wildman–Crippen MR) is 101 cm³/mol. The molecule has 2 aliphatic rings. The highest BCUT2D eigenvalue weighted by atomic mass is 32.1. The van der Waals surface area contributed by atoms with E-state index in [1.54, 1.807) is 0 Å². The zero-order valence-corrected chi connectivity index (χ0v) is 15.5. The molecule has 0 amide bonds. The number of ether oxygens (including phenoxy) is 1. The molecular formula is C18H30N4OS. The van der Waals surface area contributed by atoms with Gasteiger partial charge in [-0.2, -0.15) is 0 Å². The lowest BCUT2D eigenvalue weighted by Crippen LogP contribution is -2.44. The zero-order valence-electron chi connectivity index (χ0n) is 14.7. The van der Waals surface area contributed by atoms with E-state index in [0.717, 1.165) is 44.5 Å². The second-order valence-corrected chi connectivity index (χ2v) is 7.80. The number of piperidine rings is 1. The first-order valence-corrected chi connectivity index (χ1v) is 10.0. The fraction of sp³-hybridized carbons (Fsp3) is 0.722. The Balaban J connectivity index is 1.31. The van der Waals surface area contributed by atoms with Crippen molar-refractivity contribution in [3.05, 3.63) is 22.4 Å². The molecule has 2 N–H and O–H groups in total. The minimum absolute atomic E-state index is 0.351. The van der Waals surface area contributed by atoms with E-state index in [1.807, 2.05) is 18.4 Å². The summed E-state index contributed by atoms with van der Waals surface area (Å²) in [6.45, 7) is 6.29. The summed E-state index contributed by atoms with van der Waals surface area (Å²) in [5.41, 5.74) is 0. The van der Waals surface area contributed by atoms with E-state index in [4.69, 9.17) is 4.74 Å². The Morgan fingerprint density at radius 1 is 1.29 bits per heavy atom. The van der Waals surface area contributed by atoms with Crippen LogP contribution in [0.15, 0.2) is 22.5 Å². The van der Waals surface area contributed by atoms with Crippen molar-refractivity contribution in [2.24, 2.45) is 10.9 Å². The van der Waals surface area contributed by atoms with Crippen molar-refractivity contribution < 1.29 is 4.74 Å². The topological polar surface area (TPSA) is 48.9 Å². The summed E-state index contributed by atoms with van der Waals surface area (Å²) in [7, 11) is 1.84. The highest BCUT2D eigenvalue weighted by Gasteiger charge is 2.20. The van der Waals surface area contributed by atoms with Crippen molar-refractivity contribution in [3.8, 4) is 0 Å². The molecule has 0 radical (unpaired) electrons. The van der Waals surface area contributed by atoms with Gasteiger partial charge in [-0.3, -0.25) is 9.89 Å². The molecule has 134 valence electrons. The van der Waals surface area contributed by atoms with Crippen LogP contribution < -0.4 is 10.6 Å². The third kappa shape index (κ3) is 5.46. The van der Waals surface area contributed by atoms with E-state index in [-0.39, 0.29) is 0 Å². The number of likely N-dealkylation sites (tertiary alicyclic amines) is 1. The number of hydrogen-bond acceptors (Lipinski definition) is 4. The molecule has 1 aromatic heterocycles. The first-order valence-electron chi connectivity index (χ1n) is 9.14. The Hall–Kier alpha value is -1.11. The molecule has 0 saturated carbocycles. The molecule has 3 rings (SSSR count). The smallest absolute Gasteiger partial charge is 0.191 e. The maximum Gasteiger partial charge on any atom is 0.191 e. The van der Waals surface area contributed by atoms with Crippen LogP contribution in [0.5, 0.6) is 0 Å². The molecule has 6 heteroatoms. The Morgan fingerprint density at radius 3 is 2.79 bits per heavy atom. The second kappa shape index (κ2) is 9.39. The van der Waals surface area contributed by atoms with Gasteiger partial charge >= 0.3 is 0 Å². The van der Waals surface area contributed by atoms with E-state index in [1.165, 1.54) is 37.2 Å². The first kappa shape index (κ1) is 17.7. The maximum atomic E-state index is 5.65. The fourth-order valence-corrected chi connectivity index (χ4v) is 4.20. The van der Waals surface area contributed by atoms with Crippen LogP contribution in [0.3, 0.4) is 0 Å². The van der Waals surface area contributed by atoms with Gasteiger partial charge in [-0.25, -0.2) is 0 Å². The lowest BCUT2D eigenvalue weighted by molar-refractivity contribution is 0.113. The standard InChI is InChI=1S/C18H30N4OS/c1-19-18(21-13-16-4-2-10-23-16)20-12-15-6-8-22(9-7-15)14-17-5-3-11-24-17/h3,5,11,15-16H,2,4,6-10,12-14H2,1H3,(H2,19,20,21). The summed E-state index contributed by atoms with van der Waals surface area (Å²) in [6, 6.07) is 4.38. The van der Waals surface area contributed by atoms with Gasteiger partial charge in [-0.15, -0.1) is 11.3 Å². The van der Waals surface area contributed by atoms with Crippen molar-refractivity contribution in [3.63, 3.8) is 0 Å². The summed E-state index contributed by atoms with van der Waals surface area (Å²) in [4.78, 5) is 8.38. The largest absolute Gasteiger partial charge is 0.376 e. The molecular weight excluding hydrogens is 320 g/mol. The van der Waals surface area contributed by atoms with Gasteiger partial charge in [-0.1, -0.05) is 6.07 Å². The summed E-state index contributed by atoms with van der Waals surface area (Å²) < 4.78 is 5.65. The Kier molecular flexibility index (Phi) is 6.93. The third-order valence-corrected chi connectivity index (χ3v) is 5.83. The number of rotatable bonds is 6. The average Bonchev–Trinajstić information content (AvgIpc) is 3.30. The van der Waals surface area contributed by atoms with Gasteiger partial charge in [0.25, 0.3) is 0 Å². The van der Waals surface area contributed by atoms with Crippen LogP contribution in [0.25, 0.3) is 0 Å². The SMILES string of the molecule is CN=C(NCC1CCN(Cc2cccs2)CC1)NCC1CCCO1. The fourth-order valence-electron chi connectivity index (χ4n) is 3.45. The predicted octanol–water partition coefficient (Wildman–Crippen LogP) is 2.30. The molecule has 5 nitrogen and oxygen atoms in total. The number of hydrogen-bond donors (Lipinski definition) is 2. The number of nitrogens with one attached hydrogen (secondary N) is 2. The maximum absolute atomic E-state index is 5.65. The molecule has 0 bridgehead atoms. The van der Waals surface area contributed by atoms with E-state index in [9.17, 15) is 0 Å². The molecule has 0 aromatic carbocycles. The van der Waals surface area contributed by atoms with Crippen molar-refractivity contribution in [1.29, 1.82) is 0 Å². The molecule has 0 aliphatic carbocycles. The van der Waals surface area contributed by atoms with Crippen molar-refractivity contribution in [2.75, 3.05) is 39.8 Å². The van der Waals surface area contributed by atoms with Crippen LogP contribution >= 0.6 is 11.3 Å². The van der Waals surface area contributed by atoms with Crippen LogP contribution in [-0.2, 0) is 11.3 Å². The van der Waals surface area contributed by atoms with Crippen molar-refractivity contribution >= 4 is 17.3 Å². The molecule has 1 aromatic rings. The van der Waals surface area contributed by atoms with Gasteiger partial charge < -0.3 is 15.4 Å². The molecule has 24 heavy (non-hydrogen) atoms. The molecule has 1 unspecified atom stereocenters. The first-order chi connectivity index (χ1) is 11.8. The van der Waals surface area contributed by atoms with E-state index >= 15 is 0 Å².